The molecule has 2 amide bonds. The van der Waals surface area contributed by atoms with Crippen molar-refractivity contribution in [3.63, 3.8) is 0 Å². The summed E-state index contributed by atoms with van der Waals surface area (Å²) < 4.78 is 0. The summed E-state index contributed by atoms with van der Waals surface area (Å²) in [6.45, 7) is 4.05. The number of carbonyl (C=O) groups is 2. The first-order valence-electron chi connectivity index (χ1n) is 8.96. The highest BCUT2D eigenvalue weighted by Gasteiger charge is 2.39. The van der Waals surface area contributed by atoms with Crippen LogP contribution in [0.4, 0.5) is 0 Å². The summed E-state index contributed by atoms with van der Waals surface area (Å²) in [7, 11) is 0. The smallest absolute Gasteiger partial charge is 0.234 e. The number of carbonyl (C=O) groups excluding carboxylic acids is 2. The lowest BCUT2D eigenvalue weighted by Crippen LogP contribution is -2.50. The first kappa shape index (κ1) is 15.8. The molecule has 2 atom stereocenters. The van der Waals surface area contributed by atoms with Crippen molar-refractivity contribution in [2.75, 3.05) is 19.6 Å². The highest BCUT2D eigenvalue weighted by atomic mass is 16.2. The van der Waals surface area contributed by atoms with Crippen molar-refractivity contribution >= 4 is 11.8 Å². The summed E-state index contributed by atoms with van der Waals surface area (Å²) in [6.07, 6.45) is 9.20. The van der Waals surface area contributed by atoms with E-state index in [0.29, 0.717) is 24.7 Å². The third kappa shape index (κ3) is 3.45. The first-order chi connectivity index (χ1) is 10.6. The molecule has 2 heterocycles. The Kier molecular flexibility index (Phi) is 5.01. The van der Waals surface area contributed by atoms with Crippen molar-refractivity contribution in [2.45, 2.75) is 76.4 Å². The quantitative estimate of drug-likeness (QED) is 0.857. The molecule has 2 saturated heterocycles. The van der Waals surface area contributed by atoms with E-state index in [9.17, 15) is 9.59 Å². The average Bonchev–Trinajstić information content (AvgIpc) is 3.17. The summed E-state index contributed by atoms with van der Waals surface area (Å²) in [5, 5.41) is 3.19. The first-order valence-corrected chi connectivity index (χ1v) is 8.96. The molecule has 0 radical (unpaired) electrons. The van der Waals surface area contributed by atoms with E-state index in [1.165, 1.54) is 12.8 Å². The number of hydrogen-bond acceptors (Lipinski definition) is 3. The molecule has 0 spiro atoms. The number of nitrogens with zero attached hydrogens (tertiary/aromatic N) is 2. The van der Waals surface area contributed by atoms with Crippen LogP contribution in [0.15, 0.2) is 0 Å². The van der Waals surface area contributed by atoms with E-state index in [2.05, 4.69) is 10.2 Å². The molecule has 0 aromatic rings. The number of hydrogen-bond donors (Lipinski definition) is 1. The van der Waals surface area contributed by atoms with Gasteiger partial charge in [-0.15, -0.1) is 0 Å². The minimum absolute atomic E-state index is 0.172. The topological polar surface area (TPSA) is 52.7 Å². The summed E-state index contributed by atoms with van der Waals surface area (Å²) in [5.74, 6) is 0.357. The normalized spacial score (nSPS) is 30.1. The Hall–Kier alpha value is -1.10. The van der Waals surface area contributed by atoms with Crippen LogP contribution in [-0.4, -0.2) is 59.4 Å². The molecule has 22 heavy (non-hydrogen) atoms. The van der Waals surface area contributed by atoms with Gasteiger partial charge in [-0.25, -0.2) is 0 Å². The number of nitrogens with one attached hydrogen (secondary N) is 1. The maximum atomic E-state index is 12.3. The molecule has 2 aliphatic heterocycles. The van der Waals surface area contributed by atoms with Gasteiger partial charge in [0.1, 0.15) is 0 Å². The third-order valence-electron chi connectivity index (χ3n) is 5.63. The van der Waals surface area contributed by atoms with E-state index in [1.54, 1.807) is 6.92 Å². The van der Waals surface area contributed by atoms with Gasteiger partial charge in [-0.05, 0) is 45.1 Å². The summed E-state index contributed by atoms with van der Waals surface area (Å²) in [6, 6.07) is 1.09. The molecule has 1 N–H and O–H groups in total. The van der Waals surface area contributed by atoms with E-state index < -0.39 is 0 Å². The molecule has 0 bridgehead atoms. The minimum atomic E-state index is 0.172. The van der Waals surface area contributed by atoms with Gasteiger partial charge in [0, 0.05) is 31.6 Å². The fraction of sp³-hybridized carbons (Fsp3) is 0.882. The summed E-state index contributed by atoms with van der Waals surface area (Å²) in [5.41, 5.74) is 0. The highest BCUT2D eigenvalue weighted by molar-refractivity contribution is 5.78. The van der Waals surface area contributed by atoms with Gasteiger partial charge in [-0.1, -0.05) is 12.8 Å². The third-order valence-corrected chi connectivity index (χ3v) is 5.63. The fourth-order valence-corrected chi connectivity index (χ4v) is 4.60. The van der Waals surface area contributed by atoms with Crippen molar-refractivity contribution in [1.29, 1.82) is 0 Å². The standard InChI is InChI=1S/C17H29N3O2/c1-13(21)20-11-5-9-16(20)15-8-4-10-19(15)12-17(22)18-14-6-2-3-7-14/h14-16H,2-12H2,1H3,(H,18,22)/t15-,16+/m1/s1. The maximum Gasteiger partial charge on any atom is 0.234 e. The van der Waals surface area contributed by atoms with Crippen LogP contribution in [0.1, 0.15) is 58.3 Å². The van der Waals surface area contributed by atoms with Gasteiger partial charge in [0.2, 0.25) is 11.8 Å². The highest BCUT2D eigenvalue weighted by Crippen LogP contribution is 2.30. The molecule has 5 heteroatoms. The van der Waals surface area contributed by atoms with E-state index in [1.807, 2.05) is 4.90 Å². The summed E-state index contributed by atoms with van der Waals surface area (Å²) >= 11 is 0. The molecule has 3 fully saturated rings. The fourth-order valence-electron chi connectivity index (χ4n) is 4.60. The average molecular weight is 307 g/mol. The molecule has 124 valence electrons. The molecule has 0 aromatic heterocycles. The van der Waals surface area contributed by atoms with Crippen LogP contribution < -0.4 is 5.32 Å². The minimum Gasteiger partial charge on any atom is -0.352 e. The Morgan fingerprint density at radius 2 is 1.64 bits per heavy atom. The lowest BCUT2D eigenvalue weighted by Gasteiger charge is -2.34. The van der Waals surface area contributed by atoms with Gasteiger partial charge in [-0.2, -0.15) is 0 Å². The van der Waals surface area contributed by atoms with Crippen LogP contribution >= 0.6 is 0 Å². The van der Waals surface area contributed by atoms with E-state index in [4.69, 9.17) is 0 Å². The lowest BCUT2D eigenvalue weighted by atomic mass is 10.0. The molecule has 0 unspecified atom stereocenters. The van der Waals surface area contributed by atoms with Crippen LogP contribution in [0.2, 0.25) is 0 Å². The molecular weight excluding hydrogens is 278 g/mol. The van der Waals surface area contributed by atoms with E-state index in [0.717, 1.165) is 51.6 Å². The Bertz CT molecular complexity index is 420. The number of amides is 2. The molecular formula is C17H29N3O2. The second-order valence-electron chi connectivity index (χ2n) is 7.15. The predicted octanol–water partition coefficient (Wildman–Crippen LogP) is 1.52. The van der Waals surface area contributed by atoms with Crippen LogP contribution in [0, 0.1) is 0 Å². The maximum absolute atomic E-state index is 12.3. The second-order valence-corrected chi connectivity index (χ2v) is 7.15. The Morgan fingerprint density at radius 3 is 2.36 bits per heavy atom. The zero-order valence-corrected chi connectivity index (χ0v) is 13.7. The molecule has 5 nitrogen and oxygen atoms in total. The summed E-state index contributed by atoms with van der Waals surface area (Å²) in [4.78, 5) is 28.4. The van der Waals surface area contributed by atoms with Crippen LogP contribution in [0.25, 0.3) is 0 Å². The zero-order valence-electron chi connectivity index (χ0n) is 13.7. The molecule has 3 aliphatic rings. The van der Waals surface area contributed by atoms with Gasteiger partial charge in [-0.3, -0.25) is 14.5 Å². The second kappa shape index (κ2) is 6.99. The van der Waals surface area contributed by atoms with Crippen LogP contribution in [-0.2, 0) is 9.59 Å². The van der Waals surface area contributed by atoms with Crippen molar-refractivity contribution in [3.8, 4) is 0 Å². The molecule has 1 saturated carbocycles. The van der Waals surface area contributed by atoms with Crippen LogP contribution in [0.5, 0.6) is 0 Å². The van der Waals surface area contributed by atoms with Gasteiger partial charge in [0.15, 0.2) is 0 Å². The largest absolute Gasteiger partial charge is 0.352 e. The number of likely N-dealkylation sites (tertiary alicyclic amines) is 2. The molecule has 1 aliphatic carbocycles. The predicted molar refractivity (Wildman–Crippen MR) is 85.4 cm³/mol. The van der Waals surface area contributed by atoms with Crippen LogP contribution in [0.3, 0.4) is 0 Å². The SMILES string of the molecule is CC(=O)N1CCC[C@H]1[C@H]1CCCN1CC(=O)NC1CCCC1. The Balaban J connectivity index is 1.56. The van der Waals surface area contributed by atoms with E-state index >= 15 is 0 Å². The Labute approximate surface area is 133 Å². The zero-order chi connectivity index (χ0) is 15.5. The van der Waals surface area contributed by atoms with Crippen molar-refractivity contribution in [1.82, 2.24) is 15.1 Å². The monoisotopic (exact) mass is 307 g/mol. The number of rotatable bonds is 4. The van der Waals surface area contributed by atoms with Crippen molar-refractivity contribution < 1.29 is 9.59 Å². The molecule has 0 aromatic carbocycles. The van der Waals surface area contributed by atoms with Gasteiger partial charge < -0.3 is 10.2 Å². The lowest BCUT2D eigenvalue weighted by molar-refractivity contribution is -0.130. The molecule has 3 rings (SSSR count). The van der Waals surface area contributed by atoms with Gasteiger partial charge >= 0.3 is 0 Å². The van der Waals surface area contributed by atoms with Gasteiger partial charge in [0.05, 0.1) is 6.54 Å². The Morgan fingerprint density at radius 1 is 0.955 bits per heavy atom. The van der Waals surface area contributed by atoms with Crippen molar-refractivity contribution in [3.05, 3.63) is 0 Å². The van der Waals surface area contributed by atoms with Gasteiger partial charge in [0.25, 0.3) is 0 Å². The van der Waals surface area contributed by atoms with Crippen molar-refractivity contribution in [2.24, 2.45) is 0 Å². The van der Waals surface area contributed by atoms with E-state index in [-0.39, 0.29) is 11.8 Å².